The van der Waals surface area contributed by atoms with Crippen LogP contribution in [0.2, 0.25) is 5.02 Å². The molecule has 0 saturated carbocycles. The Bertz CT molecular complexity index is 518. The molecule has 2 aromatic carbocycles. The minimum atomic E-state index is 0.464. The molecule has 0 aromatic heterocycles. The van der Waals surface area contributed by atoms with Crippen molar-refractivity contribution in [1.82, 2.24) is 0 Å². The molecule has 2 heteroatoms. The second-order valence-corrected chi connectivity index (χ2v) is 4.13. The predicted octanol–water partition coefficient (Wildman–Crippen LogP) is 4.06. The summed E-state index contributed by atoms with van der Waals surface area (Å²) in [5.41, 5.74) is 3.23. The zero-order valence-electron chi connectivity index (χ0n) is 9.00. The molecule has 0 fully saturated rings. The number of benzene rings is 2. The van der Waals surface area contributed by atoms with E-state index < -0.39 is 0 Å². The lowest BCUT2D eigenvalue weighted by atomic mass is 10.0. The van der Waals surface area contributed by atoms with Gasteiger partial charge in [0, 0.05) is 11.1 Å². The normalized spacial score (nSPS) is 10.1. The van der Waals surface area contributed by atoms with Crippen molar-refractivity contribution in [3.8, 4) is 0 Å². The highest BCUT2D eigenvalue weighted by Crippen LogP contribution is 2.20. The van der Waals surface area contributed by atoms with Crippen molar-refractivity contribution in [1.29, 1.82) is 5.41 Å². The quantitative estimate of drug-likeness (QED) is 0.751. The smallest absolute Gasteiger partial charge is 0.0699 e. The molecule has 0 aliphatic rings. The number of hydrogen-bond acceptors (Lipinski definition) is 1. The van der Waals surface area contributed by atoms with E-state index in [0.29, 0.717) is 10.7 Å². The van der Waals surface area contributed by atoms with Gasteiger partial charge in [0.05, 0.1) is 10.7 Å². The van der Waals surface area contributed by atoms with Crippen LogP contribution < -0.4 is 0 Å². The van der Waals surface area contributed by atoms with Gasteiger partial charge in [0.15, 0.2) is 0 Å². The van der Waals surface area contributed by atoms with Crippen LogP contribution in [-0.2, 0) is 0 Å². The van der Waals surface area contributed by atoms with E-state index in [1.165, 1.54) is 0 Å². The predicted molar refractivity (Wildman–Crippen MR) is 68.6 cm³/mol. The van der Waals surface area contributed by atoms with Gasteiger partial charge in [0.1, 0.15) is 0 Å². The summed E-state index contributed by atoms with van der Waals surface area (Å²) in [6, 6.07) is 15.4. The van der Waals surface area contributed by atoms with E-state index in [1.807, 2.05) is 55.5 Å². The minimum absolute atomic E-state index is 0.464. The van der Waals surface area contributed by atoms with Crippen molar-refractivity contribution in [3.05, 3.63) is 70.2 Å². The molecule has 2 aromatic rings. The van der Waals surface area contributed by atoms with Crippen LogP contribution in [0.1, 0.15) is 16.7 Å². The fourth-order valence-electron chi connectivity index (χ4n) is 1.58. The first-order valence-electron chi connectivity index (χ1n) is 5.09. The zero-order valence-corrected chi connectivity index (χ0v) is 9.75. The Morgan fingerprint density at radius 3 is 2.38 bits per heavy atom. The summed E-state index contributed by atoms with van der Waals surface area (Å²) >= 11 is 6.13. The second kappa shape index (κ2) is 4.50. The van der Waals surface area contributed by atoms with Gasteiger partial charge in [-0.3, -0.25) is 5.41 Å². The Labute approximate surface area is 100 Å². The molecule has 0 saturated heterocycles. The largest absolute Gasteiger partial charge is 0.300 e. The third-order valence-corrected chi connectivity index (χ3v) is 2.77. The van der Waals surface area contributed by atoms with Crippen LogP contribution in [0.4, 0.5) is 0 Å². The Morgan fingerprint density at radius 2 is 1.75 bits per heavy atom. The van der Waals surface area contributed by atoms with Gasteiger partial charge in [0.2, 0.25) is 0 Å². The summed E-state index contributed by atoms with van der Waals surface area (Å²) < 4.78 is 0. The Kier molecular flexibility index (Phi) is 3.07. The van der Waals surface area contributed by atoms with E-state index in [-0.39, 0.29) is 0 Å². The summed E-state index contributed by atoms with van der Waals surface area (Å²) in [5, 5.41) is 8.73. The Balaban J connectivity index is 2.42. The topological polar surface area (TPSA) is 23.9 Å². The van der Waals surface area contributed by atoms with Crippen LogP contribution in [-0.4, -0.2) is 5.71 Å². The van der Waals surface area contributed by atoms with Crippen molar-refractivity contribution < 1.29 is 0 Å². The molecule has 0 heterocycles. The van der Waals surface area contributed by atoms with E-state index >= 15 is 0 Å². The van der Waals surface area contributed by atoms with E-state index in [1.54, 1.807) is 0 Å². The van der Waals surface area contributed by atoms with Crippen LogP contribution in [0.5, 0.6) is 0 Å². The lowest BCUT2D eigenvalue weighted by Crippen LogP contribution is -2.01. The Hall–Kier alpha value is -1.60. The molecule has 2 rings (SSSR count). The molecule has 1 N–H and O–H groups in total. The van der Waals surface area contributed by atoms with Gasteiger partial charge < -0.3 is 0 Å². The molecule has 16 heavy (non-hydrogen) atoms. The van der Waals surface area contributed by atoms with Crippen LogP contribution >= 0.6 is 11.6 Å². The maximum atomic E-state index is 8.10. The fourth-order valence-corrected chi connectivity index (χ4v) is 1.91. The van der Waals surface area contributed by atoms with E-state index in [0.717, 1.165) is 16.7 Å². The summed E-state index contributed by atoms with van der Waals surface area (Å²) in [6.45, 7) is 1.99. The van der Waals surface area contributed by atoms with Crippen LogP contribution in [0.15, 0.2) is 48.5 Å². The third-order valence-electron chi connectivity index (χ3n) is 2.46. The van der Waals surface area contributed by atoms with Crippen LogP contribution in [0.3, 0.4) is 0 Å². The first-order chi connectivity index (χ1) is 7.68. The van der Waals surface area contributed by atoms with E-state index in [2.05, 4.69) is 0 Å². The summed E-state index contributed by atoms with van der Waals surface area (Å²) in [6.07, 6.45) is 0. The van der Waals surface area contributed by atoms with Gasteiger partial charge in [-0.25, -0.2) is 0 Å². The lowest BCUT2D eigenvalue weighted by molar-refractivity contribution is 1.42. The molecule has 0 bridgehead atoms. The molecule has 0 amide bonds. The Morgan fingerprint density at radius 1 is 1.06 bits per heavy atom. The fraction of sp³-hybridized carbons (Fsp3) is 0.0714. The van der Waals surface area contributed by atoms with Crippen molar-refractivity contribution >= 4 is 17.3 Å². The standard InChI is InChI=1S/C14H12ClN/c1-10-7-8-12(13(15)9-10)14(16)11-5-3-2-4-6-11/h2-9,16H,1H3. The molecule has 80 valence electrons. The summed E-state index contributed by atoms with van der Waals surface area (Å²) in [5.74, 6) is 0. The first-order valence-corrected chi connectivity index (χ1v) is 5.47. The molecule has 0 radical (unpaired) electrons. The van der Waals surface area contributed by atoms with Gasteiger partial charge in [-0.2, -0.15) is 0 Å². The highest BCUT2D eigenvalue weighted by Gasteiger charge is 2.08. The molecule has 0 aliphatic heterocycles. The average molecular weight is 230 g/mol. The van der Waals surface area contributed by atoms with Crippen molar-refractivity contribution in [2.45, 2.75) is 6.92 Å². The lowest BCUT2D eigenvalue weighted by Gasteiger charge is -2.07. The molecule has 0 aliphatic carbocycles. The number of aryl methyl sites for hydroxylation is 1. The number of nitrogens with one attached hydrogen (secondary N) is 1. The number of rotatable bonds is 2. The molecule has 0 spiro atoms. The summed E-state index contributed by atoms with van der Waals surface area (Å²) in [4.78, 5) is 0. The van der Waals surface area contributed by atoms with Gasteiger partial charge >= 0.3 is 0 Å². The molecule has 1 nitrogen and oxygen atoms in total. The maximum Gasteiger partial charge on any atom is 0.0699 e. The van der Waals surface area contributed by atoms with Gasteiger partial charge in [0.25, 0.3) is 0 Å². The zero-order chi connectivity index (χ0) is 11.5. The monoisotopic (exact) mass is 229 g/mol. The molecular formula is C14H12ClN. The maximum absolute atomic E-state index is 8.10. The molecular weight excluding hydrogens is 218 g/mol. The molecule has 0 atom stereocenters. The minimum Gasteiger partial charge on any atom is -0.300 e. The van der Waals surface area contributed by atoms with Crippen molar-refractivity contribution in [2.24, 2.45) is 0 Å². The highest BCUT2D eigenvalue weighted by atomic mass is 35.5. The molecule has 0 unspecified atom stereocenters. The SMILES string of the molecule is Cc1ccc(C(=N)c2ccccc2)c(Cl)c1. The van der Waals surface area contributed by atoms with E-state index in [9.17, 15) is 0 Å². The highest BCUT2D eigenvalue weighted by molar-refractivity contribution is 6.35. The number of hydrogen-bond donors (Lipinski definition) is 1. The van der Waals surface area contributed by atoms with Gasteiger partial charge in [-0.05, 0) is 18.6 Å². The van der Waals surface area contributed by atoms with Crippen LogP contribution in [0.25, 0.3) is 0 Å². The third kappa shape index (κ3) is 2.15. The van der Waals surface area contributed by atoms with Crippen LogP contribution in [0, 0.1) is 12.3 Å². The average Bonchev–Trinajstić information content (AvgIpc) is 2.29. The van der Waals surface area contributed by atoms with E-state index in [4.69, 9.17) is 17.0 Å². The number of halogens is 1. The van der Waals surface area contributed by atoms with Crippen molar-refractivity contribution in [2.75, 3.05) is 0 Å². The summed E-state index contributed by atoms with van der Waals surface area (Å²) in [7, 11) is 0. The van der Waals surface area contributed by atoms with Crippen molar-refractivity contribution in [3.63, 3.8) is 0 Å². The van der Waals surface area contributed by atoms with Gasteiger partial charge in [-0.15, -0.1) is 0 Å². The van der Waals surface area contributed by atoms with Gasteiger partial charge in [-0.1, -0.05) is 54.1 Å². The first kappa shape index (κ1) is 10.9. The second-order valence-electron chi connectivity index (χ2n) is 3.72.